The molecule has 0 unspecified atom stereocenters. The highest BCUT2D eigenvalue weighted by atomic mass is 19.4. The monoisotopic (exact) mass is 521 g/mol. The minimum Gasteiger partial charge on any atom is -0.444 e. The van der Waals surface area contributed by atoms with Gasteiger partial charge in [0.25, 0.3) is 0 Å². The van der Waals surface area contributed by atoms with Crippen LogP contribution < -0.4 is 5.32 Å². The van der Waals surface area contributed by atoms with Gasteiger partial charge in [-0.1, -0.05) is 0 Å². The predicted octanol–water partition coefficient (Wildman–Crippen LogP) is 4.14. The quantitative estimate of drug-likeness (QED) is 0.472. The Morgan fingerprint density at radius 1 is 1.11 bits per heavy atom. The Balaban J connectivity index is 1.80. The number of nitrogens with zero attached hydrogens (tertiary/aromatic N) is 4. The highest BCUT2D eigenvalue weighted by Crippen LogP contribution is 2.32. The Morgan fingerprint density at radius 3 is 2.36 bits per heavy atom. The van der Waals surface area contributed by atoms with E-state index >= 15 is 0 Å². The summed E-state index contributed by atoms with van der Waals surface area (Å²) in [6, 6.07) is -0.921. The van der Waals surface area contributed by atoms with Crippen molar-refractivity contribution in [3.63, 3.8) is 0 Å². The molecule has 2 amide bonds. The van der Waals surface area contributed by atoms with Crippen LogP contribution in [0.1, 0.15) is 57.4 Å². The van der Waals surface area contributed by atoms with E-state index in [0.29, 0.717) is 12.1 Å². The van der Waals surface area contributed by atoms with Gasteiger partial charge in [0.05, 0.1) is 12.6 Å². The normalized spacial score (nSPS) is 16.9. The van der Waals surface area contributed by atoms with Crippen molar-refractivity contribution in [3.8, 4) is 0 Å². The van der Waals surface area contributed by atoms with Gasteiger partial charge >= 0.3 is 12.3 Å². The van der Waals surface area contributed by atoms with Gasteiger partial charge < -0.3 is 19.5 Å². The van der Waals surface area contributed by atoms with Crippen LogP contribution in [-0.4, -0.2) is 49.9 Å². The van der Waals surface area contributed by atoms with Crippen LogP contribution in [0.25, 0.3) is 0 Å². The molecule has 1 aromatic carbocycles. The molecule has 1 aliphatic rings. The van der Waals surface area contributed by atoms with Gasteiger partial charge in [0.2, 0.25) is 11.7 Å². The van der Waals surface area contributed by atoms with Crippen LogP contribution in [0.3, 0.4) is 0 Å². The summed E-state index contributed by atoms with van der Waals surface area (Å²) in [5.74, 6) is -5.61. The van der Waals surface area contributed by atoms with E-state index in [-0.39, 0.29) is 30.9 Å². The van der Waals surface area contributed by atoms with Crippen LogP contribution in [0.2, 0.25) is 0 Å². The summed E-state index contributed by atoms with van der Waals surface area (Å²) in [6.45, 7) is 5.89. The van der Waals surface area contributed by atoms with Crippen LogP contribution >= 0.6 is 0 Å². The topological polar surface area (TPSA) is 89.3 Å². The number of carbonyl (C=O) groups is 2. The lowest BCUT2D eigenvalue weighted by atomic mass is 10.0. The minimum atomic E-state index is -4.72. The highest BCUT2D eigenvalue weighted by Gasteiger charge is 2.42. The first-order valence-corrected chi connectivity index (χ1v) is 11.0. The summed E-state index contributed by atoms with van der Waals surface area (Å²) >= 11 is 0. The van der Waals surface area contributed by atoms with Gasteiger partial charge in [0.15, 0.2) is 17.5 Å². The maximum Gasteiger partial charge on any atom is 0.451 e. The van der Waals surface area contributed by atoms with Crippen LogP contribution in [0.15, 0.2) is 12.1 Å². The molecule has 0 fully saturated rings. The molecule has 0 radical (unpaired) electrons. The fourth-order valence-corrected chi connectivity index (χ4v) is 3.89. The smallest absolute Gasteiger partial charge is 0.444 e. The summed E-state index contributed by atoms with van der Waals surface area (Å²) in [4.78, 5) is 26.6. The van der Waals surface area contributed by atoms with Crippen molar-refractivity contribution in [3.05, 3.63) is 46.8 Å². The Bertz CT molecular complexity index is 1140. The lowest BCUT2D eigenvalue weighted by Crippen LogP contribution is -2.46. The predicted molar refractivity (Wildman–Crippen MR) is 113 cm³/mol. The Kier molecular flexibility index (Phi) is 7.55. The van der Waals surface area contributed by atoms with Gasteiger partial charge in [0, 0.05) is 25.1 Å². The van der Waals surface area contributed by atoms with Crippen LogP contribution in [-0.2, 0) is 28.7 Å². The highest BCUT2D eigenvalue weighted by molar-refractivity contribution is 5.78. The number of fused-ring (bicyclic) bond motifs is 1. The molecular formula is C22H25F6N5O3. The Hall–Kier alpha value is -3.32. The summed E-state index contributed by atoms with van der Waals surface area (Å²) in [5, 5.41) is 9.19. The van der Waals surface area contributed by atoms with Crippen LogP contribution in [0.4, 0.5) is 31.1 Å². The number of benzene rings is 1. The molecule has 2 aromatic rings. The van der Waals surface area contributed by atoms with Gasteiger partial charge in [-0.2, -0.15) is 13.2 Å². The van der Waals surface area contributed by atoms with E-state index in [0.717, 1.165) is 4.57 Å². The number of carbonyl (C=O) groups excluding carboxylic acids is 2. The summed E-state index contributed by atoms with van der Waals surface area (Å²) in [6.07, 6.45) is -6.45. The summed E-state index contributed by atoms with van der Waals surface area (Å²) in [7, 11) is 0. The number of alkyl carbamates (subject to hydrolysis) is 1. The number of alkyl halides is 3. The molecule has 1 aromatic heterocycles. The second-order valence-electron chi connectivity index (χ2n) is 9.54. The van der Waals surface area contributed by atoms with Gasteiger partial charge in [-0.3, -0.25) is 4.79 Å². The first-order valence-electron chi connectivity index (χ1n) is 11.0. The SMILES string of the molecule is C[C@H]1CN(C(=O)C[C@@H](Cc2cc(F)c(F)cc2F)NC(=O)OC(C)(C)C)Cc2nnc(C(F)(F)F)n21. The van der Waals surface area contributed by atoms with Crippen molar-refractivity contribution in [2.75, 3.05) is 6.54 Å². The number of nitrogens with one attached hydrogen (secondary N) is 1. The van der Waals surface area contributed by atoms with Crippen LogP contribution in [0, 0.1) is 17.5 Å². The molecule has 198 valence electrons. The van der Waals surface area contributed by atoms with Crippen molar-refractivity contribution in [2.24, 2.45) is 0 Å². The number of rotatable bonds is 5. The third-order valence-electron chi connectivity index (χ3n) is 5.33. The molecule has 1 aliphatic heterocycles. The number of halogens is 6. The number of aromatic nitrogens is 3. The van der Waals surface area contributed by atoms with E-state index in [2.05, 4.69) is 15.5 Å². The molecule has 0 saturated carbocycles. The zero-order valence-electron chi connectivity index (χ0n) is 19.9. The minimum absolute atomic E-state index is 0.0715. The summed E-state index contributed by atoms with van der Waals surface area (Å²) in [5.41, 5.74) is -1.18. The van der Waals surface area contributed by atoms with Crippen molar-refractivity contribution in [2.45, 2.75) is 70.9 Å². The molecular weight excluding hydrogens is 496 g/mol. The molecule has 0 bridgehead atoms. The zero-order chi connectivity index (χ0) is 27.0. The number of amides is 2. The molecule has 3 rings (SSSR count). The Labute approximate surface area is 202 Å². The molecule has 0 saturated heterocycles. The Morgan fingerprint density at radius 2 is 1.75 bits per heavy atom. The van der Waals surface area contributed by atoms with E-state index in [4.69, 9.17) is 4.74 Å². The molecule has 36 heavy (non-hydrogen) atoms. The van der Waals surface area contributed by atoms with Gasteiger partial charge in [-0.25, -0.2) is 18.0 Å². The maximum atomic E-state index is 14.3. The third-order valence-corrected chi connectivity index (χ3v) is 5.33. The lowest BCUT2D eigenvalue weighted by Gasteiger charge is -2.33. The number of hydrogen-bond donors (Lipinski definition) is 1. The number of hydrogen-bond acceptors (Lipinski definition) is 5. The third kappa shape index (κ3) is 6.46. The number of ether oxygens (including phenoxy) is 1. The fraction of sp³-hybridized carbons (Fsp3) is 0.545. The molecule has 1 N–H and O–H groups in total. The van der Waals surface area contributed by atoms with Crippen molar-refractivity contribution in [1.82, 2.24) is 25.0 Å². The second kappa shape index (κ2) is 9.97. The zero-order valence-corrected chi connectivity index (χ0v) is 19.9. The van der Waals surface area contributed by atoms with Crippen LogP contribution in [0.5, 0.6) is 0 Å². The first-order chi connectivity index (χ1) is 16.5. The maximum absolute atomic E-state index is 14.3. The largest absolute Gasteiger partial charge is 0.451 e. The molecule has 2 heterocycles. The van der Waals surface area contributed by atoms with Gasteiger partial charge in [-0.05, 0) is 45.7 Å². The fourth-order valence-electron chi connectivity index (χ4n) is 3.89. The van der Waals surface area contributed by atoms with Gasteiger partial charge in [-0.15, -0.1) is 10.2 Å². The lowest BCUT2D eigenvalue weighted by molar-refractivity contribution is -0.149. The van der Waals surface area contributed by atoms with E-state index in [9.17, 15) is 35.9 Å². The first kappa shape index (κ1) is 27.3. The molecule has 14 heteroatoms. The van der Waals surface area contributed by atoms with Crippen molar-refractivity contribution < 1.29 is 40.7 Å². The molecule has 0 aliphatic carbocycles. The van der Waals surface area contributed by atoms with Crippen molar-refractivity contribution >= 4 is 12.0 Å². The summed E-state index contributed by atoms with van der Waals surface area (Å²) < 4.78 is 87.0. The average Bonchev–Trinajstić information content (AvgIpc) is 3.15. The standard InChI is InChI=1S/C22H25F6N5O3/c1-11-9-32(10-17-30-31-19(33(11)17)22(26,27)28)18(34)7-13(29-20(35)36-21(2,3)4)5-12-6-15(24)16(25)8-14(12)23/h6,8,11,13H,5,7,9-10H2,1-4H3,(H,29,35)/t11-,13+/m0/s1. The molecule has 8 nitrogen and oxygen atoms in total. The van der Waals surface area contributed by atoms with Crippen molar-refractivity contribution in [1.29, 1.82) is 0 Å². The molecule has 2 atom stereocenters. The molecule has 0 spiro atoms. The van der Waals surface area contributed by atoms with Gasteiger partial charge in [0.1, 0.15) is 11.4 Å². The van der Waals surface area contributed by atoms with E-state index in [1.807, 2.05) is 0 Å². The van der Waals surface area contributed by atoms with E-state index in [1.54, 1.807) is 20.8 Å². The average molecular weight is 521 g/mol. The van der Waals surface area contributed by atoms with E-state index in [1.165, 1.54) is 11.8 Å². The van der Waals surface area contributed by atoms with E-state index < -0.39 is 65.6 Å². The second-order valence-corrected chi connectivity index (χ2v) is 9.54.